The summed E-state index contributed by atoms with van der Waals surface area (Å²) in [5.74, 6) is 0.572. The average Bonchev–Trinajstić information content (AvgIpc) is 3.31. The number of nitrogens with one attached hydrogen (secondary N) is 2. The van der Waals surface area contributed by atoms with E-state index in [9.17, 15) is 15.0 Å². The summed E-state index contributed by atoms with van der Waals surface area (Å²) in [6.07, 6.45) is 1.64. The molecule has 0 aliphatic carbocycles. The number of aromatic nitrogens is 1. The highest BCUT2D eigenvalue weighted by molar-refractivity contribution is 6.14. The zero-order valence-corrected chi connectivity index (χ0v) is 17.1. The quantitative estimate of drug-likeness (QED) is 0.485. The first-order valence-corrected chi connectivity index (χ1v) is 10.1. The number of fused-ring (bicyclic) bond motifs is 4. The molecule has 3 heterocycles. The number of carbonyl (C=O) groups is 1. The van der Waals surface area contributed by atoms with E-state index in [4.69, 9.17) is 9.83 Å². The normalized spacial score (nSPS) is 19.6. The minimum atomic E-state index is -1.14. The molecular weight excluding hydrogens is 396 g/mol. The van der Waals surface area contributed by atoms with Crippen LogP contribution in [-0.2, 0) is 16.8 Å². The van der Waals surface area contributed by atoms with Crippen molar-refractivity contribution in [2.75, 3.05) is 11.4 Å². The van der Waals surface area contributed by atoms with Gasteiger partial charge in [0.15, 0.2) is 17.4 Å². The number of phenols is 2. The molecule has 158 valence electrons. The number of nitrogens with zero attached hydrogens (tertiary/aromatic N) is 2. The van der Waals surface area contributed by atoms with Gasteiger partial charge in [-0.15, -0.1) is 0 Å². The highest BCUT2D eigenvalue weighted by Crippen LogP contribution is 2.50. The van der Waals surface area contributed by atoms with Gasteiger partial charge in [-0.3, -0.25) is 10.2 Å². The summed E-state index contributed by atoms with van der Waals surface area (Å²) in [5.41, 5.74) is 1.25. The van der Waals surface area contributed by atoms with Gasteiger partial charge in [0.1, 0.15) is 17.0 Å². The van der Waals surface area contributed by atoms with Crippen LogP contribution in [0, 0.1) is 5.41 Å². The van der Waals surface area contributed by atoms with E-state index in [0.717, 1.165) is 11.3 Å². The van der Waals surface area contributed by atoms with Gasteiger partial charge < -0.3 is 24.8 Å². The van der Waals surface area contributed by atoms with Gasteiger partial charge >= 0.3 is 0 Å². The monoisotopic (exact) mass is 418 g/mol. The molecule has 8 nitrogen and oxygen atoms in total. The molecule has 1 unspecified atom stereocenters. The molecule has 4 N–H and O–H groups in total. The fourth-order valence-electron chi connectivity index (χ4n) is 4.48. The summed E-state index contributed by atoms with van der Waals surface area (Å²) in [4.78, 5) is 19.9. The van der Waals surface area contributed by atoms with Crippen LogP contribution in [0.4, 0.5) is 5.69 Å². The van der Waals surface area contributed by atoms with Crippen molar-refractivity contribution in [2.24, 2.45) is 0 Å². The van der Waals surface area contributed by atoms with Crippen LogP contribution < -0.4 is 10.2 Å². The lowest BCUT2D eigenvalue weighted by Gasteiger charge is -2.36. The Bertz CT molecular complexity index is 1230. The summed E-state index contributed by atoms with van der Waals surface area (Å²) in [7, 11) is 0. The predicted octanol–water partition coefficient (Wildman–Crippen LogP) is 2.97. The number of amidine groups is 1. The second-order valence-corrected chi connectivity index (χ2v) is 8.25. The van der Waals surface area contributed by atoms with Gasteiger partial charge in [0.05, 0.1) is 12.7 Å². The van der Waals surface area contributed by atoms with Crippen LogP contribution >= 0.6 is 0 Å². The predicted molar refractivity (Wildman–Crippen MR) is 114 cm³/mol. The van der Waals surface area contributed by atoms with Gasteiger partial charge in [0.25, 0.3) is 0 Å². The number of amides is 1. The van der Waals surface area contributed by atoms with Gasteiger partial charge in [-0.1, -0.05) is 32.0 Å². The van der Waals surface area contributed by atoms with Crippen LogP contribution in [0.25, 0.3) is 0 Å². The maximum atomic E-state index is 14.0. The van der Waals surface area contributed by atoms with Gasteiger partial charge in [-0.05, 0) is 29.3 Å². The first kappa shape index (κ1) is 19.2. The number of carbonyl (C=O) groups excluding carboxylic acids is 1. The summed E-state index contributed by atoms with van der Waals surface area (Å²) in [5, 5.41) is 31.5. The molecular formula is C23H22N4O4. The van der Waals surface area contributed by atoms with E-state index in [1.165, 1.54) is 12.1 Å². The molecule has 31 heavy (non-hydrogen) atoms. The van der Waals surface area contributed by atoms with Crippen LogP contribution in [0.1, 0.15) is 48.1 Å². The lowest BCUT2D eigenvalue weighted by Crippen LogP contribution is -2.53. The number of phenolic OH excluding ortho intramolecular Hbond substituents is 2. The van der Waals surface area contributed by atoms with Crippen molar-refractivity contribution < 1.29 is 19.4 Å². The number of aromatic hydroxyl groups is 2. The van der Waals surface area contributed by atoms with Gasteiger partial charge in [-0.2, -0.15) is 0 Å². The first-order chi connectivity index (χ1) is 14.8. The third-order valence-electron chi connectivity index (χ3n) is 6.02. The molecule has 0 fully saturated rings. The SMILES string of the molecule is CC(C)c1ncc(CN2C(=O)C3(CNC(=N)c4cc(O)c(O)cc43)c3ccccc32)o1. The van der Waals surface area contributed by atoms with Gasteiger partial charge in [-0.25, -0.2) is 4.98 Å². The Hall–Kier alpha value is -3.81. The molecule has 5 rings (SSSR count). The topological polar surface area (TPSA) is 123 Å². The lowest BCUT2D eigenvalue weighted by molar-refractivity contribution is -0.121. The second kappa shape index (κ2) is 6.60. The average molecular weight is 418 g/mol. The number of benzene rings is 2. The van der Waals surface area contributed by atoms with E-state index in [-0.39, 0.29) is 42.2 Å². The van der Waals surface area contributed by atoms with Crippen molar-refractivity contribution in [2.45, 2.75) is 31.7 Å². The van der Waals surface area contributed by atoms with E-state index in [0.29, 0.717) is 22.8 Å². The summed E-state index contributed by atoms with van der Waals surface area (Å²) in [6.45, 7) is 4.36. The maximum Gasteiger partial charge on any atom is 0.244 e. The van der Waals surface area contributed by atoms with Crippen molar-refractivity contribution in [3.63, 3.8) is 0 Å². The Balaban J connectivity index is 1.66. The van der Waals surface area contributed by atoms with E-state index in [1.807, 2.05) is 38.1 Å². The molecule has 2 aliphatic heterocycles. The number of rotatable bonds is 3. The molecule has 0 radical (unpaired) electrons. The molecule has 0 bridgehead atoms. The number of anilines is 1. The third kappa shape index (κ3) is 2.64. The zero-order valence-electron chi connectivity index (χ0n) is 17.1. The Morgan fingerprint density at radius 3 is 2.71 bits per heavy atom. The Morgan fingerprint density at radius 1 is 1.23 bits per heavy atom. The molecule has 3 aromatic rings. The van der Waals surface area contributed by atoms with Crippen LogP contribution in [-0.4, -0.2) is 33.5 Å². The van der Waals surface area contributed by atoms with E-state index in [1.54, 1.807) is 11.1 Å². The molecule has 1 aromatic heterocycles. The third-order valence-corrected chi connectivity index (χ3v) is 6.02. The van der Waals surface area contributed by atoms with Crippen LogP contribution in [0.3, 0.4) is 0 Å². The summed E-state index contributed by atoms with van der Waals surface area (Å²) >= 11 is 0. The highest BCUT2D eigenvalue weighted by Gasteiger charge is 2.55. The van der Waals surface area contributed by atoms with Crippen molar-refractivity contribution >= 4 is 17.4 Å². The Morgan fingerprint density at radius 2 is 1.97 bits per heavy atom. The minimum absolute atomic E-state index is 0.0939. The van der Waals surface area contributed by atoms with E-state index < -0.39 is 5.41 Å². The first-order valence-electron chi connectivity index (χ1n) is 10.1. The molecule has 8 heteroatoms. The molecule has 2 aliphatic rings. The number of hydrogen-bond donors (Lipinski definition) is 4. The molecule has 2 aromatic carbocycles. The van der Waals surface area contributed by atoms with Gasteiger partial charge in [0, 0.05) is 23.7 Å². The summed E-state index contributed by atoms with van der Waals surface area (Å²) < 4.78 is 5.84. The largest absolute Gasteiger partial charge is 0.504 e. The highest BCUT2D eigenvalue weighted by atomic mass is 16.4. The molecule has 1 amide bonds. The summed E-state index contributed by atoms with van der Waals surface area (Å²) in [6, 6.07) is 10.2. The Labute approximate surface area is 178 Å². The zero-order chi connectivity index (χ0) is 21.9. The Kier molecular flexibility index (Phi) is 4.08. The van der Waals surface area contributed by atoms with Crippen molar-refractivity contribution in [1.82, 2.24) is 10.3 Å². The van der Waals surface area contributed by atoms with Crippen molar-refractivity contribution in [3.8, 4) is 11.5 Å². The van der Waals surface area contributed by atoms with Gasteiger partial charge in [0.2, 0.25) is 5.91 Å². The molecule has 0 saturated carbocycles. The van der Waals surface area contributed by atoms with E-state index in [2.05, 4.69) is 10.3 Å². The second-order valence-electron chi connectivity index (χ2n) is 8.25. The minimum Gasteiger partial charge on any atom is -0.504 e. The van der Waals surface area contributed by atoms with Crippen molar-refractivity contribution in [1.29, 1.82) is 5.41 Å². The maximum absolute atomic E-state index is 14.0. The number of hydrogen-bond acceptors (Lipinski definition) is 6. The standard InChI is InChI=1S/C23H22N4O4/c1-12(2)21-25-9-13(31-21)10-27-17-6-4-3-5-15(17)23(22(27)30)11-26-20(24)14-7-18(28)19(29)8-16(14)23/h3-9,12,28-29H,10-11H2,1-2H3,(H2,24,26). The fourth-order valence-corrected chi connectivity index (χ4v) is 4.48. The lowest BCUT2D eigenvalue weighted by atomic mass is 9.71. The molecule has 1 atom stereocenters. The molecule has 1 spiro atoms. The number of para-hydroxylation sites is 1. The van der Waals surface area contributed by atoms with E-state index >= 15 is 0 Å². The van der Waals surface area contributed by atoms with Crippen LogP contribution in [0.15, 0.2) is 47.0 Å². The van der Waals surface area contributed by atoms with Crippen molar-refractivity contribution in [3.05, 3.63) is 70.9 Å². The van der Waals surface area contributed by atoms with Crippen LogP contribution in [0.2, 0.25) is 0 Å². The molecule has 0 saturated heterocycles. The fraction of sp³-hybridized carbons (Fsp3) is 0.261. The number of oxazole rings is 1. The van der Waals surface area contributed by atoms with Crippen LogP contribution in [0.5, 0.6) is 11.5 Å². The smallest absolute Gasteiger partial charge is 0.244 e.